The fourth-order valence-corrected chi connectivity index (χ4v) is 1.27. The molecule has 1 heterocycles. The summed E-state index contributed by atoms with van der Waals surface area (Å²) in [7, 11) is 3.58. The highest BCUT2D eigenvalue weighted by Gasteiger charge is 2.24. The van der Waals surface area contributed by atoms with Gasteiger partial charge in [0.05, 0.1) is 7.11 Å². The first-order valence-electron chi connectivity index (χ1n) is 4.59. The van der Waals surface area contributed by atoms with E-state index in [-0.39, 0.29) is 5.41 Å². The van der Waals surface area contributed by atoms with Gasteiger partial charge in [-0.2, -0.15) is 0 Å². The lowest BCUT2D eigenvalue weighted by atomic mass is 9.84. The van der Waals surface area contributed by atoms with Crippen molar-refractivity contribution in [1.29, 1.82) is 0 Å². The lowest BCUT2D eigenvalue weighted by molar-refractivity contribution is 0.373. The highest BCUT2D eigenvalue weighted by molar-refractivity contribution is 5.30. The molecular formula is C10H18N2O. The molecular weight excluding hydrogens is 164 g/mol. The number of aryl methyl sites for hydroxylation is 1. The molecule has 0 unspecified atom stereocenters. The standard InChI is InChI=1S/C10H18N2O/c1-6-10(2,3)8-7-12(4)11-9(8)13-5/h7H,6H2,1-5H3. The van der Waals surface area contributed by atoms with Crippen LogP contribution >= 0.6 is 0 Å². The van der Waals surface area contributed by atoms with Crippen molar-refractivity contribution < 1.29 is 4.74 Å². The van der Waals surface area contributed by atoms with Crippen molar-refractivity contribution in [2.24, 2.45) is 7.05 Å². The Morgan fingerprint density at radius 2 is 2.15 bits per heavy atom. The molecule has 0 N–H and O–H groups in total. The highest BCUT2D eigenvalue weighted by Crippen LogP contribution is 2.32. The minimum Gasteiger partial charge on any atom is -0.480 e. The maximum absolute atomic E-state index is 5.22. The monoisotopic (exact) mass is 182 g/mol. The molecule has 1 aromatic rings. The summed E-state index contributed by atoms with van der Waals surface area (Å²) in [5, 5.41) is 4.24. The van der Waals surface area contributed by atoms with E-state index in [0.29, 0.717) is 0 Å². The first kappa shape index (κ1) is 10.1. The fourth-order valence-electron chi connectivity index (χ4n) is 1.27. The number of rotatable bonds is 3. The lowest BCUT2D eigenvalue weighted by Gasteiger charge is -2.21. The van der Waals surface area contributed by atoms with Crippen LogP contribution in [0.2, 0.25) is 0 Å². The van der Waals surface area contributed by atoms with Crippen molar-refractivity contribution in [3.63, 3.8) is 0 Å². The number of hydrogen-bond donors (Lipinski definition) is 0. The van der Waals surface area contributed by atoms with Crippen LogP contribution in [0.15, 0.2) is 6.20 Å². The zero-order valence-electron chi connectivity index (χ0n) is 9.09. The Bertz CT molecular complexity index is 289. The second-order valence-corrected chi connectivity index (χ2v) is 3.96. The summed E-state index contributed by atoms with van der Waals surface area (Å²) < 4.78 is 7.02. The molecule has 0 aliphatic rings. The van der Waals surface area contributed by atoms with Crippen molar-refractivity contribution in [2.75, 3.05) is 7.11 Å². The Morgan fingerprint density at radius 3 is 2.62 bits per heavy atom. The lowest BCUT2D eigenvalue weighted by Crippen LogP contribution is -2.15. The van der Waals surface area contributed by atoms with Crippen molar-refractivity contribution >= 4 is 0 Å². The van der Waals surface area contributed by atoms with Gasteiger partial charge in [-0.1, -0.05) is 20.8 Å². The number of hydrogen-bond acceptors (Lipinski definition) is 2. The van der Waals surface area contributed by atoms with Gasteiger partial charge in [-0.3, -0.25) is 4.68 Å². The maximum Gasteiger partial charge on any atom is 0.236 e. The summed E-state index contributed by atoms with van der Waals surface area (Å²) in [5.41, 5.74) is 1.32. The zero-order valence-corrected chi connectivity index (χ0v) is 9.09. The van der Waals surface area contributed by atoms with Gasteiger partial charge < -0.3 is 4.74 Å². The summed E-state index contributed by atoms with van der Waals surface area (Å²) in [6, 6.07) is 0. The molecule has 1 rings (SSSR count). The van der Waals surface area contributed by atoms with E-state index < -0.39 is 0 Å². The Hall–Kier alpha value is -0.990. The first-order valence-corrected chi connectivity index (χ1v) is 4.59. The third-order valence-electron chi connectivity index (χ3n) is 2.60. The molecule has 13 heavy (non-hydrogen) atoms. The average Bonchev–Trinajstić information content (AvgIpc) is 2.47. The van der Waals surface area contributed by atoms with E-state index in [4.69, 9.17) is 4.74 Å². The van der Waals surface area contributed by atoms with Gasteiger partial charge in [0.1, 0.15) is 0 Å². The number of nitrogens with zero attached hydrogens (tertiary/aromatic N) is 2. The van der Waals surface area contributed by atoms with Crippen molar-refractivity contribution in [2.45, 2.75) is 32.6 Å². The Kier molecular flexibility index (Phi) is 2.64. The fraction of sp³-hybridized carbons (Fsp3) is 0.700. The van der Waals surface area contributed by atoms with E-state index in [2.05, 4.69) is 25.9 Å². The van der Waals surface area contributed by atoms with Crippen LogP contribution in [-0.4, -0.2) is 16.9 Å². The van der Waals surface area contributed by atoms with E-state index >= 15 is 0 Å². The van der Waals surface area contributed by atoms with Crippen LogP contribution in [0.4, 0.5) is 0 Å². The molecule has 0 aliphatic heterocycles. The molecule has 0 aromatic carbocycles. The van der Waals surface area contributed by atoms with E-state index in [9.17, 15) is 0 Å². The van der Waals surface area contributed by atoms with Crippen LogP contribution < -0.4 is 4.74 Å². The van der Waals surface area contributed by atoms with Crippen LogP contribution in [0.1, 0.15) is 32.8 Å². The summed E-state index contributed by atoms with van der Waals surface area (Å²) >= 11 is 0. The molecule has 0 atom stereocenters. The third-order valence-corrected chi connectivity index (χ3v) is 2.60. The molecule has 0 saturated carbocycles. The van der Waals surface area contributed by atoms with Crippen LogP contribution in [0.3, 0.4) is 0 Å². The Balaban J connectivity index is 3.12. The summed E-state index contributed by atoms with van der Waals surface area (Å²) in [6.07, 6.45) is 3.11. The quantitative estimate of drug-likeness (QED) is 0.716. The van der Waals surface area contributed by atoms with E-state index in [1.165, 1.54) is 5.56 Å². The molecule has 74 valence electrons. The normalized spacial score (nSPS) is 11.8. The van der Waals surface area contributed by atoms with Crippen LogP contribution in [0.25, 0.3) is 0 Å². The Labute approximate surface area is 79.7 Å². The van der Waals surface area contributed by atoms with Crippen LogP contribution in [0, 0.1) is 0 Å². The van der Waals surface area contributed by atoms with Crippen molar-refractivity contribution in [3.8, 4) is 5.88 Å². The third kappa shape index (κ3) is 1.85. The maximum atomic E-state index is 5.22. The summed E-state index contributed by atoms with van der Waals surface area (Å²) in [4.78, 5) is 0. The number of ether oxygens (including phenoxy) is 1. The zero-order chi connectivity index (χ0) is 10.1. The van der Waals surface area contributed by atoms with Crippen LogP contribution in [-0.2, 0) is 12.5 Å². The van der Waals surface area contributed by atoms with Gasteiger partial charge >= 0.3 is 0 Å². The molecule has 0 radical (unpaired) electrons. The molecule has 3 nitrogen and oxygen atoms in total. The second-order valence-electron chi connectivity index (χ2n) is 3.96. The summed E-state index contributed by atoms with van der Waals surface area (Å²) in [5.74, 6) is 0.745. The predicted octanol–water partition coefficient (Wildman–Crippen LogP) is 2.12. The SMILES string of the molecule is CCC(C)(C)c1cn(C)nc1OC. The van der Waals surface area contributed by atoms with E-state index in [0.717, 1.165) is 12.3 Å². The molecule has 0 bridgehead atoms. The minimum absolute atomic E-state index is 0.138. The molecule has 0 aliphatic carbocycles. The smallest absolute Gasteiger partial charge is 0.236 e. The molecule has 0 fully saturated rings. The van der Waals surface area contributed by atoms with E-state index in [1.807, 2.05) is 13.2 Å². The predicted molar refractivity (Wildman–Crippen MR) is 53.1 cm³/mol. The molecule has 1 aromatic heterocycles. The molecule has 0 saturated heterocycles. The first-order chi connectivity index (χ1) is 6.01. The van der Waals surface area contributed by atoms with Crippen molar-refractivity contribution in [3.05, 3.63) is 11.8 Å². The van der Waals surface area contributed by atoms with E-state index in [1.54, 1.807) is 11.8 Å². The second kappa shape index (κ2) is 3.40. The number of aromatic nitrogens is 2. The van der Waals surface area contributed by atoms with Crippen LogP contribution in [0.5, 0.6) is 5.88 Å². The number of methoxy groups -OCH3 is 1. The van der Waals surface area contributed by atoms with Crippen molar-refractivity contribution in [1.82, 2.24) is 9.78 Å². The van der Waals surface area contributed by atoms with Gasteiger partial charge in [0.25, 0.3) is 0 Å². The topological polar surface area (TPSA) is 27.1 Å². The highest BCUT2D eigenvalue weighted by atomic mass is 16.5. The Morgan fingerprint density at radius 1 is 1.54 bits per heavy atom. The van der Waals surface area contributed by atoms with Gasteiger partial charge in [0.15, 0.2) is 0 Å². The molecule has 3 heteroatoms. The van der Waals surface area contributed by atoms with Gasteiger partial charge in [0.2, 0.25) is 5.88 Å². The minimum atomic E-state index is 0.138. The summed E-state index contributed by atoms with van der Waals surface area (Å²) in [6.45, 7) is 6.57. The largest absolute Gasteiger partial charge is 0.480 e. The van der Waals surface area contributed by atoms with Gasteiger partial charge in [0, 0.05) is 18.8 Å². The average molecular weight is 182 g/mol. The van der Waals surface area contributed by atoms with Gasteiger partial charge in [-0.05, 0) is 11.8 Å². The van der Waals surface area contributed by atoms with Gasteiger partial charge in [-0.15, -0.1) is 5.10 Å². The van der Waals surface area contributed by atoms with Gasteiger partial charge in [-0.25, -0.2) is 0 Å². The molecule has 0 amide bonds. The molecule has 0 spiro atoms.